The zero-order valence-corrected chi connectivity index (χ0v) is 13.7. The summed E-state index contributed by atoms with van der Waals surface area (Å²) in [6.07, 6.45) is 3.92. The molecule has 120 valence electrons. The minimum Gasteiger partial charge on any atom is -0.459 e. The van der Waals surface area contributed by atoms with Crippen LogP contribution in [-0.4, -0.2) is 15.7 Å². The van der Waals surface area contributed by atoms with Gasteiger partial charge in [0.1, 0.15) is 11.3 Å². The number of hydrogen-bond donors (Lipinski definition) is 1. The number of aromatic nitrogens is 2. The van der Waals surface area contributed by atoms with Gasteiger partial charge in [-0.15, -0.1) is 0 Å². The van der Waals surface area contributed by atoms with Crippen LogP contribution in [0.15, 0.2) is 47.1 Å². The normalized spacial score (nSPS) is 13.9. The average molecular weight is 332 g/mol. The fourth-order valence-corrected chi connectivity index (χ4v) is 2.70. The quantitative estimate of drug-likeness (QED) is 0.765. The lowest BCUT2D eigenvalue weighted by molar-refractivity contribution is -0.122. The Hall–Kier alpha value is -2.27. The van der Waals surface area contributed by atoms with E-state index in [9.17, 15) is 4.79 Å². The van der Waals surface area contributed by atoms with Crippen molar-refractivity contribution < 1.29 is 9.21 Å². The van der Waals surface area contributed by atoms with Gasteiger partial charge in [-0.1, -0.05) is 11.6 Å². The standard InChI is InChI=1S/C17H18ClN3O2/c1-11(21-7-3-6-19-21)8-17(22)20-12(2)16-10-13-9-14(18)4-5-15(13)23-16/h3-7,9-12H,8H2,1-2H3,(H,20,22)/t11-,12-/m0/s1. The zero-order chi connectivity index (χ0) is 16.4. The molecular formula is C17H18ClN3O2. The molecule has 3 rings (SSSR count). The van der Waals surface area contributed by atoms with Crippen molar-refractivity contribution in [3.63, 3.8) is 0 Å². The molecular weight excluding hydrogens is 314 g/mol. The van der Waals surface area contributed by atoms with Gasteiger partial charge in [0.15, 0.2) is 0 Å². The van der Waals surface area contributed by atoms with Gasteiger partial charge in [0.2, 0.25) is 5.91 Å². The van der Waals surface area contributed by atoms with E-state index in [0.29, 0.717) is 17.2 Å². The molecule has 0 unspecified atom stereocenters. The highest BCUT2D eigenvalue weighted by molar-refractivity contribution is 6.31. The molecule has 2 heterocycles. The summed E-state index contributed by atoms with van der Waals surface area (Å²) in [4.78, 5) is 12.2. The van der Waals surface area contributed by atoms with Gasteiger partial charge in [0.05, 0.1) is 12.1 Å². The molecule has 3 aromatic rings. The predicted molar refractivity (Wildman–Crippen MR) is 89.3 cm³/mol. The van der Waals surface area contributed by atoms with Gasteiger partial charge >= 0.3 is 0 Å². The van der Waals surface area contributed by atoms with E-state index < -0.39 is 0 Å². The van der Waals surface area contributed by atoms with Crippen molar-refractivity contribution in [3.05, 3.63) is 53.5 Å². The van der Waals surface area contributed by atoms with Gasteiger partial charge in [-0.25, -0.2) is 0 Å². The maximum atomic E-state index is 12.2. The van der Waals surface area contributed by atoms with Crippen molar-refractivity contribution in [3.8, 4) is 0 Å². The lowest BCUT2D eigenvalue weighted by atomic mass is 10.2. The molecule has 0 aliphatic carbocycles. The maximum absolute atomic E-state index is 12.2. The van der Waals surface area contributed by atoms with E-state index in [1.54, 1.807) is 16.9 Å². The third-order valence-corrected chi connectivity index (χ3v) is 3.99. The Morgan fingerprint density at radius 1 is 1.39 bits per heavy atom. The zero-order valence-electron chi connectivity index (χ0n) is 13.0. The number of nitrogens with zero attached hydrogens (tertiary/aromatic N) is 2. The number of fused-ring (bicyclic) bond motifs is 1. The number of rotatable bonds is 5. The summed E-state index contributed by atoms with van der Waals surface area (Å²) in [5, 5.41) is 8.70. The Morgan fingerprint density at radius 2 is 2.22 bits per heavy atom. The van der Waals surface area contributed by atoms with Crippen molar-refractivity contribution >= 4 is 28.5 Å². The molecule has 6 heteroatoms. The largest absolute Gasteiger partial charge is 0.459 e. The Balaban J connectivity index is 1.65. The summed E-state index contributed by atoms with van der Waals surface area (Å²) in [5.41, 5.74) is 0.760. The fraction of sp³-hybridized carbons (Fsp3) is 0.294. The monoisotopic (exact) mass is 331 g/mol. The van der Waals surface area contributed by atoms with Gasteiger partial charge in [-0.05, 0) is 44.2 Å². The topological polar surface area (TPSA) is 60.1 Å². The van der Waals surface area contributed by atoms with Crippen molar-refractivity contribution in [2.24, 2.45) is 0 Å². The Morgan fingerprint density at radius 3 is 2.96 bits per heavy atom. The van der Waals surface area contributed by atoms with E-state index >= 15 is 0 Å². The van der Waals surface area contributed by atoms with Crippen LogP contribution in [-0.2, 0) is 4.79 Å². The van der Waals surface area contributed by atoms with Crippen LogP contribution in [0.25, 0.3) is 11.0 Å². The predicted octanol–water partition coefficient (Wildman–Crippen LogP) is 4.11. The third-order valence-electron chi connectivity index (χ3n) is 3.76. The first-order valence-electron chi connectivity index (χ1n) is 7.50. The number of carbonyl (C=O) groups is 1. The second-order valence-electron chi connectivity index (χ2n) is 5.66. The molecule has 0 radical (unpaired) electrons. The number of amides is 1. The second kappa shape index (κ2) is 6.46. The minimum atomic E-state index is -0.210. The van der Waals surface area contributed by atoms with E-state index in [-0.39, 0.29) is 18.0 Å². The van der Waals surface area contributed by atoms with Crippen molar-refractivity contribution in [2.75, 3.05) is 0 Å². The van der Waals surface area contributed by atoms with Crippen LogP contribution in [0, 0.1) is 0 Å². The Labute approximate surface area is 139 Å². The molecule has 5 nitrogen and oxygen atoms in total. The van der Waals surface area contributed by atoms with Crippen LogP contribution in [0.4, 0.5) is 0 Å². The fourth-order valence-electron chi connectivity index (χ4n) is 2.52. The van der Waals surface area contributed by atoms with Gasteiger partial charge in [0.25, 0.3) is 0 Å². The van der Waals surface area contributed by atoms with E-state index in [2.05, 4.69) is 10.4 Å². The lowest BCUT2D eigenvalue weighted by Gasteiger charge is -2.15. The molecule has 0 aliphatic rings. The second-order valence-corrected chi connectivity index (χ2v) is 6.10. The Kier molecular flexibility index (Phi) is 4.39. The number of halogens is 1. The molecule has 1 aromatic carbocycles. The summed E-state index contributed by atoms with van der Waals surface area (Å²) >= 11 is 5.98. The Bertz CT molecular complexity index is 810. The van der Waals surface area contributed by atoms with Crippen LogP contribution < -0.4 is 5.32 Å². The number of furan rings is 1. The van der Waals surface area contributed by atoms with Crippen LogP contribution in [0.2, 0.25) is 5.02 Å². The summed E-state index contributed by atoms with van der Waals surface area (Å²) in [6.45, 7) is 3.86. The minimum absolute atomic E-state index is 0.00619. The first-order chi connectivity index (χ1) is 11.0. The molecule has 23 heavy (non-hydrogen) atoms. The van der Waals surface area contributed by atoms with E-state index in [1.807, 2.05) is 44.3 Å². The SMILES string of the molecule is C[C@H](NC(=O)C[C@H](C)n1cccn1)c1cc2cc(Cl)ccc2o1. The first kappa shape index (κ1) is 15.6. The molecule has 2 aromatic heterocycles. The maximum Gasteiger partial charge on any atom is 0.222 e. The van der Waals surface area contributed by atoms with Crippen LogP contribution in [0.1, 0.15) is 38.1 Å². The molecule has 0 spiro atoms. The van der Waals surface area contributed by atoms with Crippen molar-refractivity contribution in [2.45, 2.75) is 32.4 Å². The number of carbonyl (C=O) groups excluding carboxylic acids is 1. The first-order valence-corrected chi connectivity index (χ1v) is 7.88. The lowest BCUT2D eigenvalue weighted by Crippen LogP contribution is -2.28. The van der Waals surface area contributed by atoms with Crippen molar-refractivity contribution in [1.82, 2.24) is 15.1 Å². The molecule has 2 atom stereocenters. The molecule has 0 saturated heterocycles. The molecule has 0 bridgehead atoms. The molecule has 0 saturated carbocycles. The smallest absolute Gasteiger partial charge is 0.222 e. The summed E-state index contributed by atoms with van der Waals surface area (Å²) < 4.78 is 7.54. The third kappa shape index (κ3) is 3.56. The number of hydrogen-bond acceptors (Lipinski definition) is 3. The number of nitrogens with one attached hydrogen (secondary N) is 1. The average Bonchev–Trinajstić information content (AvgIpc) is 3.15. The van der Waals surface area contributed by atoms with Gasteiger partial charge in [0, 0.05) is 29.2 Å². The van der Waals surface area contributed by atoms with E-state index in [1.165, 1.54) is 0 Å². The highest BCUT2D eigenvalue weighted by Gasteiger charge is 2.17. The molecule has 0 fully saturated rings. The molecule has 1 N–H and O–H groups in total. The van der Waals surface area contributed by atoms with Gasteiger partial charge in [-0.3, -0.25) is 9.48 Å². The highest BCUT2D eigenvalue weighted by atomic mass is 35.5. The summed E-state index contributed by atoms with van der Waals surface area (Å²) in [5.74, 6) is 0.668. The molecule has 1 amide bonds. The summed E-state index contributed by atoms with van der Waals surface area (Å²) in [6, 6.07) is 9.00. The number of benzene rings is 1. The van der Waals surface area contributed by atoms with Gasteiger partial charge in [-0.2, -0.15) is 5.10 Å². The van der Waals surface area contributed by atoms with Crippen LogP contribution >= 0.6 is 11.6 Å². The van der Waals surface area contributed by atoms with E-state index in [4.69, 9.17) is 16.0 Å². The van der Waals surface area contributed by atoms with Crippen LogP contribution in [0.5, 0.6) is 0 Å². The highest BCUT2D eigenvalue weighted by Crippen LogP contribution is 2.26. The van der Waals surface area contributed by atoms with Gasteiger partial charge < -0.3 is 9.73 Å². The van der Waals surface area contributed by atoms with Crippen molar-refractivity contribution in [1.29, 1.82) is 0 Å². The molecule has 0 aliphatic heterocycles. The summed E-state index contributed by atoms with van der Waals surface area (Å²) in [7, 11) is 0. The van der Waals surface area contributed by atoms with Crippen LogP contribution in [0.3, 0.4) is 0 Å². The van der Waals surface area contributed by atoms with E-state index in [0.717, 1.165) is 11.0 Å².